The zero-order chi connectivity index (χ0) is 22.9. The Bertz CT molecular complexity index is 1190. The van der Waals surface area contributed by atoms with Gasteiger partial charge in [0.2, 0.25) is 0 Å². The van der Waals surface area contributed by atoms with Gasteiger partial charge in [-0.2, -0.15) is 8.78 Å². The quantitative estimate of drug-likeness (QED) is 0.361. The maximum absolute atomic E-state index is 14.8. The fourth-order valence-electron chi connectivity index (χ4n) is 3.47. The van der Waals surface area contributed by atoms with Crippen molar-refractivity contribution in [2.24, 2.45) is 0 Å². The molecule has 0 radical (unpaired) electrons. The molecule has 0 saturated heterocycles. The lowest BCUT2D eigenvalue weighted by molar-refractivity contribution is -0.225. The van der Waals surface area contributed by atoms with Crippen LogP contribution in [0.5, 0.6) is 0 Å². The van der Waals surface area contributed by atoms with E-state index in [1.165, 1.54) is 18.2 Å². The predicted octanol–water partition coefficient (Wildman–Crippen LogP) is 8.36. The van der Waals surface area contributed by atoms with Crippen molar-refractivity contribution >= 4 is 0 Å². The van der Waals surface area contributed by atoms with Crippen molar-refractivity contribution in [1.82, 2.24) is 0 Å². The Labute approximate surface area is 182 Å². The van der Waals surface area contributed by atoms with E-state index in [0.29, 0.717) is 17.2 Å². The number of ether oxygens (including phenoxy) is 1. The third-order valence-corrected chi connectivity index (χ3v) is 5.28. The van der Waals surface area contributed by atoms with Crippen molar-refractivity contribution in [2.75, 3.05) is 0 Å². The fourth-order valence-corrected chi connectivity index (χ4v) is 3.47. The van der Waals surface area contributed by atoms with Crippen LogP contribution >= 0.6 is 0 Å². The molecule has 0 unspecified atom stereocenters. The molecular formula is C26H19F5O. The number of benzene rings is 3. The molecule has 0 atom stereocenters. The van der Waals surface area contributed by atoms with E-state index in [9.17, 15) is 22.0 Å². The van der Waals surface area contributed by atoms with Crippen molar-refractivity contribution in [3.63, 3.8) is 0 Å². The summed E-state index contributed by atoms with van der Waals surface area (Å²) in [6.07, 6.45) is -3.60. The number of aryl methyl sites for hydroxylation is 1. The molecule has 0 bridgehead atoms. The Kier molecular flexibility index (Phi) is 5.87. The van der Waals surface area contributed by atoms with Gasteiger partial charge in [-0.25, -0.2) is 13.2 Å². The first kappa shape index (κ1) is 21.8. The number of hydrogen-bond acceptors (Lipinski definition) is 1. The van der Waals surface area contributed by atoms with Crippen LogP contribution in [0.25, 0.3) is 22.3 Å². The average Bonchev–Trinajstić information content (AvgIpc) is 2.77. The first-order valence-corrected chi connectivity index (χ1v) is 10.0. The van der Waals surface area contributed by atoms with Gasteiger partial charge in [-0.05, 0) is 41.8 Å². The molecule has 0 heterocycles. The Morgan fingerprint density at radius 2 is 1.38 bits per heavy atom. The van der Waals surface area contributed by atoms with Gasteiger partial charge < -0.3 is 4.74 Å². The van der Waals surface area contributed by atoms with Gasteiger partial charge >= 0.3 is 6.11 Å². The van der Waals surface area contributed by atoms with Crippen LogP contribution in [0, 0.1) is 12.7 Å². The maximum Gasteiger partial charge on any atom is 0.426 e. The Balaban J connectivity index is 1.54. The molecule has 0 spiro atoms. The van der Waals surface area contributed by atoms with Gasteiger partial charge in [0.05, 0.1) is 5.56 Å². The molecule has 0 aliphatic heterocycles. The highest BCUT2D eigenvalue weighted by Gasteiger charge is 2.36. The number of halogens is 5. The van der Waals surface area contributed by atoms with Crippen molar-refractivity contribution in [3.05, 3.63) is 107 Å². The predicted molar refractivity (Wildman–Crippen MR) is 114 cm³/mol. The smallest absolute Gasteiger partial charge is 0.426 e. The summed E-state index contributed by atoms with van der Waals surface area (Å²) in [5, 5.41) is 0. The van der Waals surface area contributed by atoms with Gasteiger partial charge in [0.1, 0.15) is 17.4 Å². The number of allylic oxidation sites excluding steroid dienone is 4. The van der Waals surface area contributed by atoms with Crippen molar-refractivity contribution in [1.29, 1.82) is 0 Å². The molecule has 4 rings (SSSR count). The van der Waals surface area contributed by atoms with E-state index in [1.54, 1.807) is 12.1 Å². The van der Waals surface area contributed by atoms with Gasteiger partial charge in [-0.3, -0.25) is 0 Å². The van der Waals surface area contributed by atoms with Crippen molar-refractivity contribution in [2.45, 2.75) is 25.9 Å². The summed E-state index contributed by atoms with van der Waals surface area (Å²) in [5.74, 6) is -3.01. The van der Waals surface area contributed by atoms with Crippen LogP contribution in [-0.4, -0.2) is 0 Å². The van der Waals surface area contributed by atoms with Gasteiger partial charge in [-0.1, -0.05) is 54.1 Å². The van der Waals surface area contributed by atoms with E-state index in [1.807, 2.05) is 31.2 Å². The molecule has 0 aromatic heterocycles. The summed E-state index contributed by atoms with van der Waals surface area (Å²) in [5.41, 5.74) is 2.90. The molecule has 0 saturated carbocycles. The topological polar surface area (TPSA) is 9.23 Å². The van der Waals surface area contributed by atoms with Crippen LogP contribution in [0.4, 0.5) is 22.0 Å². The second kappa shape index (κ2) is 8.61. The SMILES string of the molecule is Cc1ccc(-c2ccc(-c3ccc(C(F)(F)OC4=CC(F)=C(F)CC4)cc3)c(F)c2)cc1. The standard InChI is InChI=1S/C26H19F5O/c1-16-2-4-17(5-3-16)19-8-12-22(24(28)14-19)18-6-9-20(10-7-18)26(30,31)32-21-11-13-23(27)25(29)15-21/h2-10,12,14-15H,11,13H2,1H3. The van der Waals surface area contributed by atoms with E-state index in [4.69, 9.17) is 0 Å². The van der Waals surface area contributed by atoms with Crippen LogP contribution in [0.2, 0.25) is 0 Å². The minimum absolute atomic E-state index is 0.161. The second-order valence-electron chi connectivity index (χ2n) is 7.62. The lowest BCUT2D eigenvalue weighted by Gasteiger charge is -2.22. The maximum atomic E-state index is 14.8. The Morgan fingerprint density at radius 3 is 2.00 bits per heavy atom. The van der Waals surface area contributed by atoms with Crippen LogP contribution in [-0.2, 0) is 10.8 Å². The molecule has 0 amide bonds. The summed E-state index contributed by atoms with van der Waals surface area (Å²) < 4.78 is 74.7. The first-order chi connectivity index (χ1) is 15.2. The first-order valence-electron chi connectivity index (χ1n) is 10.0. The Morgan fingerprint density at radius 1 is 0.750 bits per heavy atom. The van der Waals surface area contributed by atoms with E-state index < -0.39 is 29.1 Å². The van der Waals surface area contributed by atoms with Crippen LogP contribution in [0.3, 0.4) is 0 Å². The molecule has 3 aromatic rings. The number of alkyl halides is 2. The highest BCUT2D eigenvalue weighted by Crippen LogP contribution is 2.37. The second-order valence-corrected chi connectivity index (χ2v) is 7.62. The fraction of sp³-hybridized carbons (Fsp3) is 0.154. The average molecular weight is 442 g/mol. The third kappa shape index (κ3) is 4.59. The lowest BCUT2D eigenvalue weighted by atomic mass is 9.98. The normalized spacial score (nSPS) is 14.4. The molecule has 0 fully saturated rings. The van der Waals surface area contributed by atoms with Crippen LogP contribution < -0.4 is 0 Å². The molecule has 3 aromatic carbocycles. The minimum Gasteiger partial charge on any atom is -0.433 e. The van der Waals surface area contributed by atoms with E-state index in [-0.39, 0.29) is 24.2 Å². The van der Waals surface area contributed by atoms with E-state index >= 15 is 0 Å². The summed E-state index contributed by atoms with van der Waals surface area (Å²) >= 11 is 0. The lowest BCUT2D eigenvalue weighted by Crippen LogP contribution is -2.18. The molecular weight excluding hydrogens is 423 g/mol. The molecule has 1 nitrogen and oxygen atoms in total. The van der Waals surface area contributed by atoms with Gasteiger partial charge in [0, 0.05) is 24.5 Å². The molecule has 1 aliphatic carbocycles. The van der Waals surface area contributed by atoms with Crippen LogP contribution in [0.15, 0.2) is 90.2 Å². The molecule has 32 heavy (non-hydrogen) atoms. The van der Waals surface area contributed by atoms with Gasteiger partial charge in [-0.15, -0.1) is 0 Å². The largest absolute Gasteiger partial charge is 0.433 e. The third-order valence-electron chi connectivity index (χ3n) is 5.28. The number of hydrogen-bond donors (Lipinski definition) is 0. The van der Waals surface area contributed by atoms with Gasteiger partial charge in [0.25, 0.3) is 0 Å². The number of rotatable bonds is 5. The zero-order valence-electron chi connectivity index (χ0n) is 17.1. The summed E-state index contributed by atoms with van der Waals surface area (Å²) in [4.78, 5) is 0. The Hall–Kier alpha value is -3.41. The monoisotopic (exact) mass is 442 g/mol. The highest BCUT2D eigenvalue weighted by atomic mass is 19.3. The molecule has 1 aliphatic rings. The zero-order valence-corrected chi connectivity index (χ0v) is 17.1. The summed E-state index contributed by atoms with van der Waals surface area (Å²) in [6.45, 7) is 1.97. The molecule has 0 N–H and O–H groups in total. The highest BCUT2D eigenvalue weighted by molar-refractivity contribution is 5.71. The molecule has 164 valence electrons. The van der Waals surface area contributed by atoms with Crippen LogP contribution in [0.1, 0.15) is 24.0 Å². The van der Waals surface area contributed by atoms with Crippen molar-refractivity contribution < 1.29 is 26.7 Å². The van der Waals surface area contributed by atoms with Gasteiger partial charge in [0.15, 0.2) is 5.83 Å². The molecule has 6 heteroatoms. The minimum atomic E-state index is -3.74. The van der Waals surface area contributed by atoms with Crippen molar-refractivity contribution in [3.8, 4) is 22.3 Å². The van der Waals surface area contributed by atoms with E-state index in [0.717, 1.165) is 23.3 Å². The van der Waals surface area contributed by atoms with E-state index in [2.05, 4.69) is 4.74 Å². The summed E-state index contributed by atoms with van der Waals surface area (Å²) in [7, 11) is 0. The summed E-state index contributed by atoms with van der Waals surface area (Å²) in [6, 6.07) is 17.4.